The van der Waals surface area contributed by atoms with Gasteiger partial charge in [0.25, 0.3) is 0 Å². The van der Waals surface area contributed by atoms with Crippen LogP contribution in [0.3, 0.4) is 0 Å². The lowest BCUT2D eigenvalue weighted by atomic mass is 9.96. The van der Waals surface area contributed by atoms with E-state index in [1.54, 1.807) is 0 Å². The number of aryl methyl sites for hydroxylation is 1. The van der Waals surface area contributed by atoms with Gasteiger partial charge in [0.15, 0.2) is 0 Å². The summed E-state index contributed by atoms with van der Waals surface area (Å²) >= 11 is 3.57. The van der Waals surface area contributed by atoms with Gasteiger partial charge in [-0.25, -0.2) is 0 Å². The molecular formula is C18H22BrN. The Morgan fingerprint density at radius 1 is 1.00 bits per heavy atom. The number of hydrogen-bond donors (Lipinski definition) is 1. The van der Waals surface area contributed by atoms with E-state index < -0.39 is 0 Å². The molecule has 0 fully saturated rings. The van der Waals surface area contributed by atoms with Crippen molar-refractivity contribution in [1.82, 2.24) is 0 Å². The molecule has 1 nitrogen and oxygen atoms in total. The lowest BCUT2D eigenvalue weighted by Crippen LogP contribution is -2.13. The fourth-order valence-corrected chi connectivity index (χ4v) is 2.65. The highest BCUT2D eigenvalue weighted by atomic mass is 79.9. The first-order valence-electron chi connectivity index (χ1n) is 7.08. The molecule has 2 aromatic carbocycles. The third-order valence-corrected chi connectivity index (χ3v) is 4.58. The molecule has 0 aromatic heterocycles. The first kappa shape index (κ1) is 15.3. The lowest BCUT2D eigenvalue weighted by molar-refractivity contribution is 0.720. The third-order valence-electron chi connectivity index (χ3n) is 3.73. The number of rotatable bonds is 4. The van der Waals surface area contributed by atoms with E-state index in [0.29, 0.717) is 5.92 Å². The predicted octanol–water partition coefficient (Wildman–Crippen LogP) is 5.12. The molecule has 2 aromatic rings. The number of nitrogens with two attached hydrogens (primary N) is 1. The average molecular weight is 332 g/mol. The maximum atomic E-state index is 6.32. The number of hydrogen-bond acceptors (Lipinski definition) is 1. The van der Waals surface area contributed by atoms with Crippen molar-refractivity contribution in [2.24, 2.45) is 5.73 Å². The highest BCUT2D eigenvalue weighted by molar-refractivity contribution is 9.10. The molecule has 0 bridgehead atoms. The summed E-state index contributed by atoms with van der Waals surface area (Å²) in [7, 11) is 0. The molecule has 0 radical (unpaired) electrons. The van der Waals surface area contributed by atoms with Crippen molar-refractivity contribution in [3.05, 3.63) is 69.2 Å². The van der Waals surface area contributed by atoms with Crippen molar-refractivity contribution in [2.75, 3.05) is 0 Å². The van der Waals surface area contributed by atoms with Crippen LogP contribution in [0.25, 0.3) is 0 Å². The molecule has 0 aliphatic carbocycles. The molecule has 0 aliphatic heterocycles. The van der Waals surface area contributed by atoms with Gasteiger partial charge in [-0.15, -0.1) is 0 Å². The van der Waals surface area contributed by atoms with E-state index in [1.165, 1.54) is 22.3 Å². The molecule has 0 aliphatic rings. The molecule has 106 valence electrons. The zero-order chi connectivity index (χ0) is 14.7. The Bertz CT molecular complexity index is 572. The van der Waals surface area contributed by atoms with Crippen molar-refractivity contribution in [3.63, 3.8) is 0 Å². The van der Waals surface area contributed by atoms with Crippen molar-refractivity contribution in [3.8, 4) is 0 Å². The molecule has 0 amide bonds. The predicted molar refractivity (Wildman–Crippen MR) is 90.0 cm³/mol. The second kappa shape index (κ2) is 6.55. The molecule has 1 atom stereocenters. The largest absolute Gasteiger partial charge is 0.324 e. The Morgan fingerprint density at radius 2 is 1.60 bits per heavy atom. The SMILES string of the molecule is Cc1ccc(C(N)Cc2ccc(C(C)C)cc2)cc1Br. The topological polar surface area (TPSA) is 26.0 Å². The second-order valence-corrected chi connectivity index (χ2v) is 6.57. The van der Waals surface area contributed by atoms with Gasteiger partial charge < -0.3 is 5.73 Å². The fourth-order valence-electron chi connectivity index (χ4n) is 2.25. The van der Waals surface area contributed by atoms with Crippen molar-refractivity contribution in [1.29, 1.82) is 0 Å². The number of benzene rings is 2. The van der Waals surface area contributed by atoms with Gasteiger partial charge in [-0.3, -0.25) is 0 Å². The van der Waals surface area contributed by atoms with Gasteiger partial charge in [-0.05, 0) is 47.6 Å². The maximum Gasteiger partial charge on any atom is 0.0336 e. The lowest BCUT2D eigenvalue weighted by Gasteiger charge is -2.14. The highest BCUT2D eigenvalue weighted by Gasteiger charge is 2.09. The van der Waals surface area contributed by atoms with Crippen LogP contribution in [0, 0.1) is 6.92 Å². The molecule has 2 heteroatoms. The van der Waals surface area contributed by atoms with E-state index in [-0.39, 0.29) is 6.04 Å². The van der Waals surface area contributed by atoms with Gasteiger partial charge in [0.05, 0.1) is 0 Å². The smallest absolute Gasteiger partial charge is 0.0336 e. The average Bonchev–Trinajstić information content (AvgIpc) is 2.42. The Balaban J connectivity index is 2.10. The standard InChI is InChI=1S/C18H22BrN/c1-12(2)15-8-5-14(6-9-15)10-18(20)16-7-4-13(3)17(19)11-16/h4-9,11-12,18H,10,20H2,1-3H3. The van der Waals surface area contributed by atoms with Crippen LogP contribution >= 0.6 is 15.9 Å². The Morgan fingerprint density at radius 3 is 2.15 bits per heavy atom. The molecule has 1 unspecified atom stereocenters. The summed E-state index contributed by atoms with van der Waals surface area (Å²) in [6.07, 6.45) is 0.869. The van der Waals surface area contributed by atoms with Crippen LogP contribution < -0.4 is 5.73 Å². The van der Waals surface area contributed by atoms with Crippen LogP contribution in [-0.4, -0.2) is 0 Å². The molecule has 2 N–H and O–H groups in total. The fraction of sp³-hybridized carbons (Fsp3) is 0.333. The van der Waals surface area contributed by atoms with E-state index in [2.05, 4.69) is 79.2 Å². The van der Waals surface area contributed by atoms with Gasteiger partial charge in [-0.1, -0.05) is 66.2 Å². The van der Waals surface area contributed by atoms with Gasteiger partial charge in [-0.2, -0.15) is 0 Å². The van der Waals surface area contributed by atoms with E-state index in [9.17, 15) is 0 Å². The van der Waals surface area contributed by atoms with Crippen LogP contribution in [0.15, 0.2) is 46.9 Å². The van der Waals surface area contributed by atoms with E-state index >= 15 is 0 Å². The Labute approximate surface area is 130 Å². The summed E-state index contributed by atoms with van der Waals surface area (Å²) in [5.74, 6) is 0.575. The van der Waals surface area contributed by atoms with E-state index in [1.807, 2.05) is 0 Å². The zero-order valence-corrected chi connectivity index (χ0v) is 13.9. The molecule has 0 saturated carbocycles. The van der Waals surface area contributed by atoms with Crippen LogP contribution in [0.1, 0.15) is 48.1 Å². The zero-order valence-electron chi connectivity index (χ0n) is 12.4. The van der Waals surface area contributed by atoms with Crippen molar-refractivity contribution >= 4 is 15.9 Å². The molecule has 0 heterocycles. The molecule has 0 spiro atoms. The Hall–Kier alpha value is -1.12. The third kappa shape index (κ3) is 3.71. The minimum absolute atomic E-state index is 0.0387. The second-order valence-electron chi connectivity index (χ2n) is 5.72. The van der Waals surface area contributed by atoms with Gasteiger partial charge in [0.1, 0.15) is 0 Å². The Kier molecular flexibility index (Phi) is 5.00. The van der Waals surface area contributed by atoms with E-state index in [0.717, 1.165) is 10.9 Å². The highest BCUT2D eigenvalue weighted by Crippen LogP contribution is 2.23. The summed E-state index contributed by atoms with van der Waals surface area (Å²) in [4.78, 5) is 0. The normalized spacial score (nSPS) is 12.7. The first-order valence-corrected chi connectivity index (χ1v) is 7.87. The first-order chi connectivity index (χ1) is 9.47. The molecule has 2 rings (SSSR count). The summed E-state index contributed by atoms with van der Waals surface area (Å²) in [5.41, 5.74) is 11.4. The van der Waals surface area contributed by atoms with E-state index in [4.69, 9.17) is 5.73 Å². The van der Waals surface area contributed by atoms with Crippen LogP contribution in [0.4, 0.5) is 0 Å². The monoisotopic (exact) mass is 331 g/mol. The van der Waals surface area contributed by atoms with Gasteiger partial charge in [0.2, 0.25) is 0 Å². The molecular weight excluding hydrogens is 310 g/mol. The summed E-state index contributed by atoms with van der Waals surface area (Å²) in [6, 6.07) is 15.2. The van der Waals surface area contributed by atoms with Crippen LogP contribution in [0.5, 0.6) is 0 Å². The van der Waals surface area contributed by atoms with Gasteiger partial charge >= 0.3 is 0 Å². The van der Waals surface area contributed by atoms with Crippen LogP contribution in [-0.2, 0) is 6.42 Å². The van der Waals surface area contributed by atoms with Crippen molar-refractivity contribution < 1.29 is 0 Å². The summed E-state index contributed by atoms with van der Waals surface area (Å²) in [5, 5.41) is 0. The van der Waals surface area contributed by atoms with Crippen LogP contribution in [0.2, 0.25) is 0 Å². The van der Waals surface area contributed by atoms with Crippen molar-refractivity contribution in [2.45, 2.75) is 39.2 Å². The maximum absolute atomic E-state index is 6.32. The quantitative estimate of drug-likeness (QED) is 0.826. The number of halogens is 1. The minimum Gasteiger partial charge on any atom is -0.324 e. The molecule has 0 saturated heterocycles. The summed E-state index contributed by atoms with van der Waals surface area (Å²) in [6.45, 7) is 6.51. The minimum atomic E-state index is 0.0387. The summed E-state index contributed by atoms with van der Waals surface area (Å²) < 4.78 is 1.13. The molecule has 20 heavy (non-hydrogen) atoms. The van der Waals surface area contributed by atoms with Gasteiger partial charge in [0, 0.05) is 10.5 Å².